The van der Waals surface area contributed by atoms with Crippen LogP contribution < -0.4 is 5.32 Å². The zero-order valence-electron chi connectivity index (χ0n) is 13.8. The van der Waals surface area contributed by atoms with Crippen molar-refractivity contribution < 1.29 is 4.79 Å². The van der Waals surface area contributed by atoms with E-state index < -0.39 is 0 Å². The van der Waals surface area contributed by atoms with Crippen molar-refractivity contribution >= 4 is 5.91 Å². The molecule has 0 bridgehead atoms. The van der Waals surface area contributed by atoms with Crippen LogP contribution in [0.2, 0.25) is 0 Å². The average Bonchev–Trinajstić information content (AvgIpc) is 3.01. The zero-order valence-corrected chi connectivity index (χ0v) is 13.8. The second-order valence-electron chi connectivity index (χ2n) is 7.39. The molecule has 21 heavy (non-hydrogen) atoms. The van der Waals surface area contributed by atoms with E-state index in [1.807, 2.05) is 0 Å². The summed E-state index contributed by atoms with van der Waals surface area (Å²) in [4.78, 5) is 17.8. The van der Waals surface area contributed by atoms with E-state index in [0.29, 0.717) is 23.9 Å². The Hall–Kier alpha value is -0.610. The van der Waals surface area contributed by atoms with E-state index in [1.165, 1.54) is 38.8 Å². The lowest BCUT2D eigenvalue weighted by atomic mass is 9.96. The fraction of sp³-hybridized carbons (Fsp3) is 0.941. The molecule has 4 atom stereocenters. The second kappa shape index (κ2) is 6.25. The Labute approximate surface area is 129 Å². The fourth-order valence-corrected chi connectivity index (χ4v) is 4.59. The molecule has 0 spiro atoms. The van der Waals surface area contributed by atoms with Gasteiger partial charge < -0.3 is 4.90 Å². The SMILES string of the molecule is CCCC1NC(C(C)C)C(=O)N1C1CCN2CCCCC12. The Kier molecular flexibility index (Phi) is 4.55. The Bertz CT molecular complexity index is 384. The number of carbonyl (C=O) groups is 1. The molecule has 1 amide bonds. The molecule has 0 radical (unpaired) electrons. The minimum absolute atomic E-state index is 0.0270. The molecule has 0 aliphatic carbocycles. The van der Waals surface area contributed by atoms with Crippen molar-refractivity contribution in [2.75, 3.05) is 13.1 Å². The Morgan fingerprint density at radius 2 is 2.00 bits per heavy atom. The van der Waals surface area contributed by atoms with Crippen LogP contribution in [0.4, 0.5) is 0 Å². The van der Waals surface area contributed by atoms with E-state index in [2.05, 4.69) is 35.9 Å². The van der Waals surface area contributed by atoms with Crippen LogP contribution in [0.25, 0.3) is 0 Å². The van der Waals surface area contributed by atoms with Crippen LogP contribution in [-0.2, 0) is 4.79 Å². The predicted molar refractivity (Wildman–Crippen MR) is 84.9 cm³/mol. The average molecular weight is 293 g/mol. The summed E-state index contributed by atoms with van der Waals surface area (Å²) in [5.74, 6) is 0.742. The van der Waals surface area contributed by atoms with Gasteiger partial charge in [0, 0.05) is 12.6 Å². The molecule has 4 nitrogen and oxygen atoms in total. The van der Waals surface area contributed by atoms with Gasteiger partial charge in [-0.25, -0.2) is 0 Å². The summed E-state index contributed by atoms with van der Waals surface area (Å²) < 4.78 is 0. The molecule has 3 saturated heterocycles. The monoisotopic (exact) mass is 293 g/mol. The van der Waals surface area contributed by atoms with E-state index >= 15 is 0 Å². The summed E-state index contributed by atoms with van der Waals surface area (Å²) in [7, 11) is 0. The molecule has 3 aliphatic rings. The first kappa shape index (κ1) is 15.3. The number of fused-ring (bicyclic) bond motifs is 1. The van der Waals surface area contributed by atoms with E-state index in [4.69, 9.17) is 0 Å². The van der Waals surface area contributed by atoms with Gasteiger partial charge in [-0.15, -0.1) is 0 Å². The van der Waals surface area contributed by atoms with Crippen molar-refractivity contribution in [3.8, 4) is 0 Å². The van der Waals surface area contributed by atoms with Crippen LogP contribution in [0.3, 0.4) is 0 Å². The third-order valence-corrected chi connectivity index (χ3v) is 5.63. The second-order valence-corrected chi connectivity index (χ2v) is 7.39. The third kappa shape index (κ3) is 2.72. The molecule has 4 heteroatoms. The normalized spacial score (nSPS) is 37.5. The van der Waals surface area contributed by atoms with Crippen LogP contribution in [0, 0.1) is 5.92 Å². The smallest absolute Gasteiger partial charge is 0.241 e. The molecule has 3 heterocycles. The minimum atomic E-state index is 0.0270. The van der Waals surface area contributed by atoms with E-state index in [-0.39, 0.29) is 12.2 Å². The summed E-state index contributed by atoms with van der Waals surface area (Å²) in [6.07, 6.45) is 7.59. The van der Waals surface area contributed by atoms with E-state index in [9.17, 15) is 4.79 Å². The number of rotatable bonds is 4. The van der Waals surface area contributed by atoms with Crippen molar-refractivity contribution in [2.45, 2.75) is 83.6 Å². The van der Waals surface area contributed by atoms with Gasteiger partial charge in [0.25, 0.3) is 0 Å². The van der Waals surface area contributed by atoms with Crippen LogP contribution in [-0.4, -0.2) is 53.1 Å². The Morgan fingerprint density at radius 3 is 2.71 bits per heavy atom. The first-order valence-corrected chi connectivity index (χ1v) is 8.95. The van der Waals surface area contributed by atoms with Crippen LogP contribution in [0.1, 0.15) is 59.3 Å². The highest BCUT2D eigenvalue weighted by Crippen LogP contribution is 2.34. The Balaban J connectivity index is 1.79. The van der Waals surface area contributed by atoms with Crippen LogP contribution in [0.5, 0.6) is 0 Å². The van der Waals surface area contributed by atoms with Gasteiger partial charge in [0.15, 0.2) is 0 Å². The van der Waals surface area contributed by atoms with Gasteiger partial charge in [-0.05, 0) is 38.1 Å². The summed E-state index contributed by atoms with van der Waals surface area (Å²) in [5, 5.41) is 3.62. The van der Waals surface area contributed by atoms with Gasteiger partial charge in [0.1, 0.15) is 0 Å². The quantitative estimate of drug-likeness (QED) is 0.863. The fourth-order valence-electron chi connectivity index (χ4n) is 4.59. The summed E-state index contributed by atoms with van der Waals surface area (Å²) in [6, 6.07) is 1.10. The highest BCUT2D eigenvalue weighted by molar-refractivity contribution is 5.85. The van der Waals surface area contributed by atoms with Gasteiger partial charge in [-0.2, -0.15) is 0 Å². The highest BCUT2D eigenvalue weighted by atomic mass is 16.2. The van der Waals surface area contributed by atoms with Gasteiger partial charge in [0.2, 0.25) is 5.91 Å². The van der Waals surface area contributed by atoms with Crippen molar-refractivity contribution in [2.24, 2.45) is 5.92 Å². The molecule has 0 saturated carbocycles. The molecule has 0 aromatic heterocycles. The maximum absolute atomic E-state index is 12.9. The number of nitrogens with one attached hydrogen (secondary N) is 1. The maximum Gasteiger partial charge on any atom is 0.241 e. The molecule has 3 fully saturated rings. The number of carbonyl (C=O) groups excluding carboxylic acids is 1. The molecule has 120 valence electrons. The number of piperidine rings is 1. The van der Waals surface area contributed by atoms with E-state index in [0.717, 1.165) is 12.8 Å². The minimum Gasteiger partial charge on any atom is -0.321 e. The zero-order chi connectivity index (χ0) is 15.0. The third-order valence-electron chi connectivity index (χ3n) is 5.63. The first-order valence-electron chi connectivity index (χ1n) is 8.95. The van der Waals surface area contributed by atoms with Crippen molar-refractivity contribution in [3.63, 3.8) is 0 Å². The molecule has 0 aromatic carbocycles. The van der Waals surface area contributed by atoms with Crippen molar-refractivity contribution in [3.05, 3.63) is 0 Å². The van der Waals surface area contributed by atoms with Crippen LogP contribution >= 0.6 is 0 Å². The van der Waals surface area contributed by atoms with E-state index in [1.54, 1.807) is 0 Å². The summed E-state index contributed by atoms with van der Waals surface area (Å²) >= 11 is 0. The lowest BCUT2D eigenvalue weighted by molar-refractivity contribution is -0.133. The molecule has 3 aliphatic heterocycles. The molecular weight excluding hydrogens is 262 g/mol. The van der Waals surface area contributed by atoms with Crippen molar-refractivity contribution in [1.82, 2.24) is 15.1 Å². The topological polar surface area (TPSA) is 35.6 Å². The number of hydrogen-bond acceptors (Lipinski definition) is 3. The standard InChI is InChI=1S/C17H31N3O/c1-4-7-15-18-16(12(2)3)17(21)20(15)14-9-11-19-10-6-5-8-13(14)19/h12-16,18H,4-11H2,1-3H3. The number of nitrogens with zero attached hydrogens (tertiary/aromatic N) is 2. The molecule has 3 rings (SSSR count). The first-order chi connectivity index (χ1) is 10.1. The number of hydrogen-bond donors (Lipinski definition) is 1. The molecule has 1 N–H and O–H groups in total. The molecular formula is C17H31N3O. The molecule has 0 aromatic rings. The van der Waals surface area contributed by atoms with Gasteiger partial charge >= 0.3 is 0 Å². The molecule has 4 unspecified atom stereocenters. The Morgan fingerprint density at radius 1 is 1.19 bits per heavy atom. The lowest BCUT2D eigenvalue weighted by Gasteiger charge is -2.38. The number of amides is 1. The maximum atomic E-state index is 12.9. The van der Waals surface area contributed by atoms with Gasteiger partial charge in [0.05, 0.1) is 18.2 Å². The van der Waals surface area contributed by atoms with Gasteiger partial charge in [-0.1, -0.05) is 33.6 Å². The van der Waals surface area contributed by atoms with Crippen LogP contribution in [0.15, 0.2) is 0 Å². The summed E-state index contributed by atoms with van der Waals surface area (Å²) in [6.45, 7) is 8.95. The van der Waals surface area contributed by atoms with Crippen molar-refractivity contribution in [1.29, 1.82) is 0 Å². The summed E-state index contributed by atoms with van der Waals surface area (Å²) in [5.41, 5.74) is 0. The highest BCUT2D eigenvalue weighted by Gasteiger charge is 2.48. The van der Waals surface area contributed by atoms with Gasteiger partial charge in [-0.3, -0.25) is 15.0 Å². The lowest BCUT2D eigenvalue weighted by Crippen LogP contribution is -2.51. The largest absolute Gasteiger partial charge is 0.321 e. The predicted octanol–water partition coefficient (Wildman–Crippen LogP) is 2.20.